The average Bonchev–Trinajstić information content (AvgIpc) is 2.58. The summed E-state index contributed by atoms with van der Waals surface area (Å²) in [5, 5.41) is 8.91. The highest BCUT2D eigenvalue weighted by atomic mass is 35.5. The maximum Gasteiger partial charge on any atom is 0.0836 e. The molecule has 18 heavy (non-hydrogen) atoms. The van der Waals surface area contributed by atoms with Gasteiger partial charge in [-0.2, -0.15) is 5.10 Å². The lowest BCUT2D eigenvalue weighted by molar-refractivity contribution is 0.801. The highest BCUT2D eigenvalue weighted by Gasteiger charge is 2.14. The van der Waals surface area contributed by atoms with Crippen LogP contribution in [0.2, 0.25) is 10.0 Å². The maximum absolute atomic E-state index is 6.21. The Bertz CT molecular complexity index is 576. The first-order valence-electron chi connectivity index (χ1n) is 5.69. The predicted octanol–water partition coefficient (Wildman–Crippen LogP) is 3.52. The monoisotopic (exact) mass is 283 g/mol. The van der Waals surface area contributed by atoms with E-state index in [-0.39, 0.29) is 0 Å². The van der Waals surface area contributed by atoms with Gasteiger partial charge < -0.3 is 5.32 Å². The van der Waals surface area contributed by atoms with E-state index in [1.54, 1.807) is 6.07 Å². The van der Waals surface area contributed by atoms with Crippen molar-refractivity contribution >= 4 is 23.2 Å². The molecule has 0 amide bonds. The van der Waals surface area contributed by atoms with Crippen LogP contribution in [0.4, 0.5) is 0 Å². The van der Waals surface area contributed by atoms with Crippen LogP contribution in [0.25, 0.3) is 5.69 Å². The first kappa shape index (κ1) is 13.4. The van der Waals surface area contributed by atoms with Gasteiger partial charge in [-0.05, 0) is 39.1 Å². The number of aryl methyl sites for hydroxylation is 1. The molecule has 3 nitrogen and oxygen atoms in total. The van der Waals surface area contributed by atoms with Crippen LogP contribution in [0, 0.1) is 13.8 Å². The summed E-state index contributed by atoms with van der Waals surface area (Å²) < 4.78 is 1.86. The Morgan fingerprint density at radius 2 is 2.00 bits per heavy atom. The molecule has 0 atom stereocenters. The minimum Gasteiger partial charge on any atom is -0.316 e. The van der Waals surface area contributed by atoms with Gasteiger partial charge in [-0.15, -0.1) is 0 Å². The fourth-order valence-electron chi connectivity index (χ4n) is 2.00. The van der Waals surface area contributed by atoms with Crippen molar-refractivity contribution < 1.29 is 0 Å². The number of benzene rings is 1. The Morgan fingerprint density at radius 1 is 1.28 bits per heavy atom. The van der Waals surface area contributed by atoms with E-state index in [0.717, 1.165) is 23.6 Å². The lowest BCUT2D eigenvalue weighted by atomic mass is 10.2. The van der Waals surface area contributed by atoms with Gasteiger partial charge in [-0.1, -0.05) is 23.2 Å². The van der Waals surface area contributed by atoms with E-state index in [1.165, 1.54) is 5.56 Å². The molecular weight excluding hydrogens is 269 g/mol. The van der Waals surface area contributed by atoms with Gasteiger partial charge in [0.25, 0.3) is 0 Å². The van der Waals surface area contributed by atoms with Gasteiger partial charge in [0.2, 0.25) is 0 Å². The minimum absolute atomic E-state index is 0.601. The quantitative estimate of drug-likeness (QED) is 0.934. The summed E-state index contributed by atoms with van der Waals surface area (Å²) in [6.07, 6.45) is 0. The van der Waals surface area contributed by atoms with E-state index < -0.39 is 0 Å². The standard InChI is InChI=1S/C13H15Cl2N3/c1-8-11(7-16-3)9(2)18(17-8)13-5-4-10(14)6-12(13)15/h4-6,16H,7H2,1-3H3. The van der Waals surface area contributed by atoms with Crippen LogP contribution < -0.4 is 5.32 Å². The van der Waals surface area contributed by atoms with Gasteiger partial charge in [0, 0.05) is 22.8 Å². The zero-order valence-corrected chi connectivity index (χ0v) is 12.1. The Kier molecular flexibility index (Phi) is 3.95. The molecule has 1 aromatic heterocycles. The van der Waals surface area contributed by atoms with Gasteiger partial charge in [-0.3, -0.25) is 0 Å². The fraction of sp³-hybridized carbons (Fsp3) is 0.308. The summed E-state index contributed by atoms with van der Waals surface area (Å²) in [5.74, 6) is 0. The molecule has 1 N–H and O–H groups in total. The Morgan fingerprint density at radius 3 is 2.61 bits per heavy atom. The molecule has 5 heteroatoms. The van der Waals surface area contributed by atoms with Crippen molar-refractivity contribution in [2.75, 3.05) is 7.05 Å². The highest BCUT2D eigenvalue weighted by Crippen LogP contribution is 2.26. The molecule has 0 fully saturated rings. The van der Waals surface area contributed by atoms with Crippen molar-refractivity contribution in [1.82, 2.24) is 15.1 Å². The van der Waals surface area contributed by atoms with Gasteiger partial charge in [0.05, 0.1) is 16.4 Å². The number of hydrogen-bond donors (Lipinski definition) is 1. The summed E-state index contributed by atoms with van der Waals surface area (Å²) >= 11 is 12.1. The molecule has 2 aromatic rings. The number of halogens is 2. The molecular formula is C13H15Cl2N3. The summed E-state index contributed by atoms with van der Waals surface area (Å²) in [4.78, 5) is 0. The first-order valence-corrected chi connectivity index (χ1v) is 6.45. The van der Waals surface area contributed by atoms with Crippen LogP contribution in [0.15, 0.2) is 18.2 Å². The molecule has 1 aromatic carbocycles. The largest absolute Gasteiger partial charge is 0.316 e. The molecule has 0 unspecified atom stereocenters. The van der Waals surface area contributed by atoms with Crippen molar-refractivity contribution in [2.45, 2.75) is 20.4 Å². The van der Waals surface area contributed by atoms with Crippen molar-refractivity contribution in [3.8, 4) is 5.69 Å². The molecule has 96 valence electrons. The van der Waals surface area contributed by atoms with Crippen molar-refractivity contribution in [1.29, 1.82) is 0 Å². The molecule has 0 aliphatic rings. The van der Waals surface area contributed by atoms with Crippen LogP contribution in [0.1, 0.15) is 17.0 Å². The van der Waals surface area contributed by atoms with Crippen LogP contribution in [-0.2, 0) is 6.54 Å². The second-order valence-corrected chi connectivity index (χ2v) is 5.03. The van der Waals surface area contributed by atoms with Crippen molar-refractivity contribution in [2.24, 2.45) is 0 Å². The summed E-state index contributed by atoms with van der Waals surface area (Å²) in [6, 6.07) is 5.43. The minimum atomic E-state index is 0.601. The molecule has 2 rings (SSSR count). The third-order valence-electron chi connectivity index (χ3n) is 2.93. The molecule has 0 bridgehead atoms. The third kappa shape index (κ3) is 2.39. The Labute approximate surface area is 117 Å². The zero-order chi connectivity index (χ0) is 13.3. The maximum atomic E-state index is 6.21. The Hall–Kier alpha value is -1.03. The molecule has 0 aliphatic heterocycles. The number of hydrogen-bond acceptors (Lipinski definition) is 2. The van der Waals surface area contributed by atoms with E-state index in [1.807, 2.05) is 37.7 Å². The van der Waals surface area contributed by atoms with E-state index in [9.17, 15) is 0 Å². The second-order valence-electron chi connectivity index (χ2n) is 4.19. The second kappa shape index (κ2) is 5.31. The topological polar surface area (TPSA) is 29.9 Å². The zero-order valence-electron chi connectivity index (χ0n) is 10.6. The van der Waals surface area contributed by atoms with E-state index in [0.29, 0.717) is 10.0 Å². The average molecular weight is 284 g/mol. The normalized spacial score (nSPS) is 10.9. The van der Waals surface area contributed by atoms with Crippen LogP contribution in [0.3, 0.4) is 0 Å². The molecule has 0 saturated heterocycles. The van der Waals surface area contributed by atoms with E-state index in [2.05, 4.69) is 10.4 Å². The SMILES string of the molecule is CNCc1c(C)nn(-c2ccc(Cl)cc2Cl)c1C. The molecule has 0 aliphatic carbocycles. The first-order chi connectivity index (χ1) is 8.54. The molecule has 0 saturated carbocycles. The molecule has 0 spiro atoms. The number of nitrogens with zero attached hydrogens (tertiary/aromatic N) is 2. The van der Waals surface area contributed by atoms with Crippen LogP contribution in [-0.4, -0.2) is 16.8 Å². The summed E-state index contributed by atoms with van der Waals surface area (Å²) in [5.41, 5.74) is 4.14. The predicted molar refractivity (Wildman–Crippen MR) is 75.8 cm³/mol. The van der Waals surface area contributed by atoms with Gasteiger partial charge >= 0.3 is 0 Å². The number of nitrogens with one attached hydrogen (secondary N) is 1. The smallest absolute Gasteiger partial charge is 0.0836 e. The number of rotatable bonds is 3. The highest BCUT2D eigenvalue weighted by molar-refractivity contribution is 6.35. The van der Waals surface area contributed by atoms with Crippen molar-refractivity contribution in [3.63, 3.8) is 0 Å². The van der Waals surface area contributed by atoms with Gasteiger partial charge in [0.15, 0.2) is 0 Å². The van der Waals surface area contributed by atoms with Gasteiger partial charge in [0.1, 0.15) is 0 Å². The summed E-state index contributed by atoms with van der Waals surface area (Å²) in [6.45, 7) is 4.83. The lowest BCUT2D eigenvalue weighted by Crippen LogP contribution is -2.07. The van der Waals surface area contributed by atoms with E-state index >= 15 is 0 Å². The molecule has 1 heterocycles. The van der Waals surface area contributed by atoms with Crippen LogP contribution in [0.5, 0.6) is 0 Å². The van der Waals surface area contributed by atoms with E-state index in [4.69, 9.17) is 23.2 Å². The third-order valence-corrected chi connectivity index (χ3v) is 3.47. The lowest BCUT2D eigenvalue weighted by Gasteiger charge is -2.07. The van der Waals surface area contributed by atoms with Gasteiger partial charge in [-0.25, -0.2) is 4.68 Å². The fourth-order valence-corrected chi connectivity index (χ4v) is 2.48. The Balaban J connectivity index is 2.54. The number of aromatic nitrogens is 2. The summed E-state index contributed by atoms with van der Waals surface area (Å²) in [7, 11) is 1.92. The van der Waals surface area contributed by atoms with Crippen LogP contribution >= 0.6 is 23.2 Å². The molecule has 0 radical (unpaired) electrons. The van der Waals surface area contributed by atoms with Crippen molar-refractivity contribution in [3.05, 3.63) is 45.2 Å².